The van der Waals surface area contributed by atoms with Crippen LogP contribution in [0.4, 0.5) is 5.13 Å². The molecule has 5 nitrogen and oxygen atoms in total. The lowest BCUT2D eigenvalue weighted by atomic mass is 10.1. The Morgan fingerprint density at radius 2 is 1.83 bits per heavy atom. The first-order valence-electron chi connectivity index (χ1n) is 6.72. The molecule has 0 saturated carbocycles. The number of nitrogens with zero attached hydrogens (tertiary/aromatic N) is 2. The van der Waals surface area contributed by atoms with Crippen LogP contribution < -0.4 is 5.32 Å². The highest BCUT2D eigenvalue weighted by atomic mass is 32.1. The number of carbonyl (C=O) groups is 1. The van der Waals surface area contributed by atoms with E-state index in [-0.39, 0.29) is 11.7 Å². The van der Waals surface area contributed by atoms with E-state index in [0.29, 0.717) is 16.3 Å². The van der Waals surface area contributed by atoms with Crippen molar-refractivity contribution in [3.05, 3.63) is 65.0 Å². The van der Waals surface area contributed by atoms with Gasteiger partial charge in [0.05, 0.1) is 17.3 Å². The molecule has 0 aliphatic heterocycles. The molecule has 0 bridgehead atoms. The number of amides is 1. The molecule has 0 aliphatic carbocycles. The number of nitriles is 1. The summed E-state index contributed by atoms with van der Waals surface area (Å²) in [6.45, 7) is 0. The summed E-state index contributed by atoms with van der Waals surface area (Å²) in [7, 11) is 0. The van der Waals surface area contributed by atoms with E-state index in [1.54, 1.807) is 48.5 Å². The highest BCUT2D eigenvalue weighted by Gasteiger charge is 2.10. The van der Waals surface area contributed by atoms with Crippen molar-refractivity contribution in [2.75, 3.05) is 5.32 Å². The predicted octanol–water partition coefficient (Wildman–Crippen LogP) is 3.64. The Kier molecular flexibility index (Phi) is 4.04. The number of aromatic nitrogens is 1. The van der Waals surface area contributed by atoms with Crippen LogP contribution in [-0.4, -0.2) is 16.0 Å². The monoisotopic (exact) mass is 321 g/mol. The number of hydrogen-bond donors (Lipinski definition) is 2. The van der Waals surface area contributed by atoms with E-state index in [9.17, 15) is 9.90 Å². The summed E-state index contributed by atoms with van der Waals surface area (Å²) in [4.78, 5) is 16.5. The molecule has 0 unspecified atom stereocenters. The molecule has 1 amide bonds. The molecule has 1 aromatic heterocycles. The van der Waals surface area contributed by atoms with Crippen molar-refractivity contribution in [3.63, 3.8) is 0 Å². The van der Waals surface area contributed by atoms with E-state index in [2.05, 4.69) is 10.3 Å². The maximum Gasteiger partial charge on any atom is 0.257 e. The van der Waals surface area contributed by atoms with Crippen LogP contribution >= 0.6 is 11.3 Å². The topological polar surface area (TPSA) is 86.0 Å². The minimum absolute atomic E-state index is 0.193. The molecular formula is C17H11N3O2S. The third kappa shape index (κ3) is 3.36. The molecule has 6 heteroatoms. The predicted molar refractivity (Wildman–Crippen MR) is 88.3 cm³/mol. The van der Waals surface area contributed by atoms with Gasteiger partial charge in [-0.3, -0.25) is 10.1 Å². The van der Waals surface area contributed by atoms with Gasteiger partial charge in [-0.05, 0) is 48.5 Å². The molecular weight excluding hydrogens is 310 g/mol. The average molecular weight is 321 g/mol. The first kappa shape index (κ1) is 14.8. The lowest BCUT2D eigenvalue weighted by molar-refractivity contribution is 0.102. The third-order valence-electron chi connectivity index (χ3n) is 3.16. The second-order valence-corrected chi connectivity index (χ2v) is 5.59. The Bertz CT molecular complexity index is 877. The van der Waals surface area contributed by atoms with Gasteiger partial charge in [0.25, 0.3) is 5.91 Å². The number of thiazole rings is 1. The highest BCUT2D eigenvalue weighted by Crippen LogP contribution is 2.26. The lowest BCUT2D eigenvalue weighted by Gasteiger charge is -2.01. The first-order chi connectivity index (χ1) is 11.2. The van der Waals surface area contributed by atoms with Crippen molar-refractivity contribution in [2.45, 2.75) is 0 Å². The molecule has 1 heterocycles. The van der Waals surface area contributed by atoms with E-state index in [1.165, 1.54) is 11.3 Å². The molecule has 23 heavy (non-hydrogen) atoms. The number of phenols is 1. The van der Waals surface area contributed by atoms with Gasteiger partial charge < -0.3 is 5.11 Å². The number of phenolic OH excluding ortho intramolecular Hbond substituents is 1. The molecule has 3 aromatic rings. The van der Waals surface area contributed by atoms with Crippen molar-refractivity contribution in [3.8, 4) is 23.1 Å². The Morgan fingerprint density at radius 3 is 2.48 bits per heavy atom. The van der Waals surface area contributed by atoms with Gasteiger partial charge in [0.2, 0.25) is 0 Å². The fourth-order valence-electron chi connectivity index (χ4n) is 1.96. The summed E-state index contributed by atoms with van der Waals surface area (Å²) in [5.41, 5.74) is 2.55. The van der Waals surface area contributed by atoms with Crippen LogP contribution in [0.3, 0.4) is 0 Å². The van der Waals surface area contributed by atoms with Crippen LogP contribution in [0.2, 0.25) is 0 Å². The van der Waals surface area contributed by atoms with Crippen LogP contribution in [0.25, 0.3) is 11.3 Å². The number of nitrogens with one attached hydrogen (secondary N) is 1. The Morgan fingerprint density at radius 1 is 1.13 bits per heavy atom. The number of aromatic hydroxyl groups is 1. The van der Waals surface area contributed by atoms with Crippen molar-refractivity contribution in [2.24, 2.45) is 0 Å². The average Bonchev–Trinajstić information content (AvgIpc) is 3.04. The summed E-state index contributed by atoms with van der Waals surface area (Å²) in [6.07, 6.45) is 0. The van der Waals surface area contributed by atoms with Crippen LogP contribution in [0.1, 0.15) is 15.9 Å². The standard InChI is InChI=1S/C17H11N3O2S/c18-9-11-1-3-13(4-2-11)16(22)20-17-19-15(10-23-17)12-5-7-14(21)8-6-12/h1-8,10,21H,(H,19,20,22). The third-order valence-corrected chi connectivity index (χ3v) is 3.92. The number of hydrogen-bond acceptors (Lipinski definition) is 5. The summed E-state index contributed by atoms with van der Waals surface area (Å²) >= 11 is 1.32. The van der Waals surface area contributed by atoms with Crippen molar-refractivity contribution in [1.82, 2.24) is 4.98 Å². The van der Waals surface area contributed by atoms with Gasteiger partial charge in [-0.1, -0.05) is 0 Å². The van der Waals surface area contributed by atoms with Crippen molar-refractivity contribution >= 4 is 22.4 Å². The molecule has 2 aromatic carbocycles. The maximum atomic E-state index is 12.1. The van der Waals surface area contributed by atoms with Gasteiger partial charge in [0.1, 0.15) is 5.75 Å². The number of rotatable bonds is 3. The largest absolute Gasteiger partial charge is 0.508 e. The molecule has 0 fully saturated rings. The van der Waals surface area contributed by atoms with E-state index in [1.807, 2.05) is 11.4 Å². The summed E-state index contributed by atoms with van der Waals surface area (Å²) in [6, 6.07) is 15.1. The van der Waals surface area contributed by atoms with Gasteiger partial charge in [-0.15, -0.1) is 11.3 Å². The van der Waals surface area contributed by atoms with E-state index < -0.39 is 0 Å². The van der Waals surface area contributed by atoms with Crippen molar-refractivity contribution in [1.29, 1.82) is 5.26 Å². The molecule has 3 rings (SSSR count). The first-order valence-corrected chi connectivity index (χ1v) is 7.60. The Balaban J connectivity index is 1.74. The highest BCUT2D eigenvalue weighted by molar-refractivity contribution is 7.14. The molecule has 0 spiro atoms. The van der Waals surface area contributed by atoms with Crippen LogP contribution in [0, 0.1) is 11.3 Å². The molecule has 0 atom stereocenters. The van der Waals surface area contributed by atoms with E-state index in [4.69, 9.17) is 5.26 Å². The number of anilines is 1. The summed E-state index contributed by atoms with van der Waals surface area (Å²) < 4.78 is 0. The summed E-state index contributed by atoms with van der Waals surface area (Å²) in [5.74, 6) is -0.0839. The van der Waals surface area contributed by atoms with Crippen LogP contribution in [-0.2, 0) is 0 Å². The number of carbonyl (C=O) groups excluding carboxylic acids is 1. The minimum atomic E-state index is -0.277. The summed E-state index contributed by atoms with van der Waals surface area (Å²) in [5, 5.41) is 23.1. The maximum absolute atomic E-state index is 12.1. The zero-order valence-electron chi connectivity index (χ0n) is 11.9. The Hall–Kier alpha value is -3.17. The molecule has 2 N–H and O–H groups in total. The number of benzene rings is 2. The van der Waals surface area contributed by atoms with Gasteiger partial charge in [-0.2, -0.15) is 5.26 Å². The second-order valence-electron chi connectivity index (χ2n) is 4.73. The minimum Gasteiger partial charge on any atom is -0.508 e. The van der Waals surface area contributed by atoms with Gasteiger partial charge >= 0.3 is 0 Å². The fraction of sp³-hybridized carbons (Fsp3) is 0. The zero-order chi connectivity index (χ0) is 16.2. The SMILES string of the molecule is N#Cc1ccc(C(=O)Nc2nc(-c3ccc(O)cc3)cs2)cc1. The fourth-order valence-corrected chi connectivity index (χ4v) is 2.68. The Labute approximate surface area is 136 Å². The normalized spacial score (nSPS) is 10.0. The molecule has 0 aliphatic rings. The zero-order valence-corrected chi connectivity index (χ0v) is 12.7. The van der Waals surface area contributed by atoms with Gasteiger partial charge in [0.15, 0.2) is 5.13 Å². The van der Waals surface area contributed by atoms with Gasteiger partial charge in [0, 0.05) is 16.5 Å². The van der Waals surface area contributed by atoms with Crippen LogP contribution in [0.5, 0.6) is 5.75 Å². The smallest absolute Gasteiger partial charge is 0.257 e. The molecule has 0 radical (unpaired) electrons. The molecule has 112 valence electrons. The quantitative estimate of drug-likeness (QED) is 0.771. The van der Waals surface area contributed by atoms with Crippen LogP contribution in [0.15, 0.2) is 53.9 Å². The van der Waals surface area contributed by atoms with Gasteiger partial charge in [-0.25, -0.2) is 4.98 Å². The van der Waals surface area contributed by atoms with Crippen molar-refractivity contribution < 1.29 is 9.90 Å². The second kappa shape index (κ2) is 6.30. The van der Waals surface area contributed by atoms with E-state index in [0.717, 1.165) is 11.3 Å². The lowest BCUT2D eigenvalue weighted by Crippen LogP contribution is -2.11. The van der Waals surface area contributed by atoms with E-state index >= 15 is 0 Å². The molecule has 0 saturated heterocycles.